The highest BCUT2D eigenvalue weighted by Gasteiger charge is 2.35. The third kappa shape index (κ3) is 7.33. The van der Waals surface area contributed by atoms with Crippen molar-refractivity contribution in [3.8, 4) is 11.5 Å². The molecule has 3 atom stereocenters. The summed E-state index contributed by atoms with van der Waals surface area (Å²) < 4.78 is 6.04. The van der Waals surface area contributed by atoms with Crippen LogP contribution in [0.5, 0.6) is 11.5 Å². The number of halogens is 1. The monoisotopic (exact) mass is 600 g/mol. The fourth-order valence-electron chi connectivity index (χ4n) is 4.79. The van der Waals surface area contributed by atoms with Gasteiger partial charge < -0.3 is 14.9 Å². The first-order valence-corrected chi connectivity index (χ1v) is 15.7. The lowest BCUT2D eigenvalue weighted by Gasteiger charge is -2.29. The van der Waals surface area contributed by atoms with Gasteiger partial charge in [0.15, 0.2) is 11.6 Å². The van der Waals surface area contributed by atoms with E-state index >= 15 is 0 Å². The summed E-state index contributed by atoms with van der Waals surface area (Å²) in [6, 6.07) is 10.3. The summed E-state index contributed by atoms with van der Waals surface area (Å²) in [6.07, 6.45) is 5.99. The molecule has 0 amide bonds. The molecule has 1 saturated heterocycles. The van der Waals surface area contributed by atoms with Crippen LogP contribution in [0.15, 0.2) is 59.7 Å². The average Bonchev–Trinajstić information content (AvgIpc) is 2.92. The molecule has 1 unspecified atom stereocenters. The van der Waals surface area contributed by atoms with E-state index in [1.165, 1.54) is 12.1 Å². The van der Waals surface area contributed by atoms with Crippen LogP contribution in [-0.4, -0.2) is 44.9 Å². The van der Waals surface area contributed by atoms with Crippen molar-refractivity contribution >= 4 is 52.7 Å². The molecular weight excluding hydrogens is 568 g/mol. The number of hydrogen-bond acceptors (Lipinski definition) is 8. The van der Waals surface area contributed by atoms with Crippen molar-refractivity contribution in [2.24, 2.45) is 0 Å². The fraction of sp³-hybridized carbons (Fsp3) is 0.387. The minimum Gasteiger partial charge on any atom is -0.507 e. The molecule has 0 aromatic heterocycles. The number of carbonyl (C=O) groups is 3. The first-order chi connectivity index (χ1) is 19.2. The number of aromatic hydroxyl groups is 2. The molecule has 2 N–H and O–H groups in total. The molecule has 2 aromatic carbocycles. The third-order valence-corrected chi connectivity index (χ3v) is 10.4. The normalized spacial score (nSPS) is 19.4. The van der Waals surface area contributed by atoms with Crippen LogP contribution in [0, 0.1) is 0 Å². The Labute approximate surface area is 248 Å². The number of ether oxygens (including phenoxy) is 1. The maximum absolute atomic E-state index is 13.3. The molecule has 9 heteroatoms. The lowest BCUT2D eigenvalue weighted by Crippen LogP contribution is -2.29. The molecule has 2 aliphatic rings. The van der Waals surface area contributed by atoms with E-state index in [1.54, 1.807) is 0 Å². The van der Waals surface area contributed by atoms with Crippen LogP contribution >= 0.6 is 35.1 Å². The van der Waals surface area contributed by atoms with Gasteiger partial charge in [0.1, 0.15) is 17.6 Å². The van der Waals surface area contributed by atoms with E-state index < -0.39 is 29.4 Å². The number of benzene rings is 2. The second kappa shape index (κ2) is 13.8. The summed E-state index contributed by atoms with van der Waals surface area (Å²) in [4.78, 5) is 38.9. The molecule has 0 radical (unpaired) electrons. The zero-order valence-electron chi connectivity index (χ0n) is 22.5. The molecule has 1 aliphatic carbocycles. The number of unbranched alkanes of at least 4 members (excludes halogenated alkanes) is 1. The molecule has 1 fully saturated rings. The molecule has 1 aliphatic heterocycles. The van der Waals surface area contributed by atoms with Crippen molar-refractivity contribution in [1.82, 2.24) is 0 Å². The lowest BCUT2D eigenvalue weighted by atomic mass is 9.85. The first kappa shape index (κ1) is 30.3. The Morgan fingerprint density at radius 3 is 2.55 bits per heavy atom. The fourth-order valence-corrected chi connectivity index (χ4v) is 8.67. The summed E-state index contributed by atoms with van der Waals surface area (Å²) in [5, 5.41) is 21.7. The highest BCUT2D eigenvalue weighted by Crippen LogP contribution is 2.50. The Kier molecular flexibility index (Phi) is 10.4. The summed E-state index contributed by atoms with van der Waals surface area (Å²) in [7, 11) is 0. The highest BCUT2D eigenvalue weighted by atomic mass is 35.5. The van der Waals surface area contributed by atoms with Gasteiger partial charge >= 0.3 is 5.97 Å². The van der Waals surface area contributed by atoms with Crippen molar-refractivity contribution in [3.63, 3.8) is 0 Å². The number of hydrogen-bond donors (Lipinski definition) is 2. The quantitative estimate of drug-likeness (QED) is 0.123. The lowest BCUT2D eigenvalue weighted by molar-refractivity contribution is -0.147. The predicted molar refractivity (Wildman–Crippen MR) is 162 cm³/mol. The van der Waals surface area contributed by atoms with Gasteiger partial charge in [-0.1, -0.05) is 47.9 Å². The Bertz CT molecular complexity index is 1350. The van der Waals surface area contributed by atoms with Crippen LogP contribution in [0.1, 0.15) is 83.2 Å². The first-order valence-electron chi connectivity index (χ1n) is 13.4. The Morgan fingerprint density at radius 1 is 1.10 bits per heavy atom. The van der Waals surface area contributed by atoms with Crippen LogP contribution in [0.3, 0.4) is 0 Å². The number of esters is 1. The number of thioether (sulfide) groups is 2. The molecule has 1 heterocycles. The van der Waals surface area contributed by atoms with E-state index in [0.717, 1.165) is 47.3 Å². The number of phenolic OH excluding ortho intramolecular Hbond substituents is 2. The number of allylic oxidation sites excluding steroid dienone is 2. The Balaban J connectivity index is 1.35. The molecule has 4 rings (SSSR count). The van der Waals surface area contributed by atoms with E-state index in [2.05, 4.69) is 6.07 Å². The van der Waals surface area contributed by atoms with E-state index in [4.69, 9.17) is 16.3 Å². The number of Topliss-reactive ketones (excluding diaryl/α,β-unsaturated/α-hetero) is 1. The van der Waals surface area contributed by atoms with Gasteiger partial charge in [-0.3, -0.25) is 14.4 Å². The van der Waals surface area contributed by atoms with E-state index in [-0.39, 0.29) is 35.3 Å². The minimum absolute atomic E-state index is 0.00836. The van der Waals surface area contributed by atoms with Crippen LogP contribution < -0.4 is 0 Å². The zero-order valence-corrected chi connectivity index (χ0v) is 24.9. The minimum atomic E-state index is -0.976. The second-order valence-corrected chi connectivity index (χ2v) is 13.5. The molecule has 212 valence electrons. The molecule has 6 nitrogen and oxygen atoms in total. The largest absolute Gasteiger partial charge is 0.507 e. The highest BCUT2D eigenvalue weighted by molar-refractivity contribution is 8.17. The molecule has 0 bridgehead atoms. The Morgan fingerprint density at radius 2 is 1.82 bits per heavy atom. The van der Waals surface area contributed by atoms with Crippen LogP contribution in [0.25, 0.3) is 0 Å². The maximum Gasteiger partial charge on any atom is 0.306 e. The van der Waals surface area contributed by atoms with Gasteiger partial charge in [0, 0.05) is 28.7 Å². The van der Waals surface area contributed by atoms with Gasteiger partial charge in [0.2, 0.25) is 0 Å². The molecular formula is C31H33ClO6S2. The van der Waals surface area contributed by atoms with Gasteiger partial charge in [-0.05, 0) is 68.7 Å². The molecule has 40 heavy (non-hydrogen) atoms. The van der Waals surface area contributed by atoms with E-state index in [0.29, 0.717) is 16.3 Å². The van der Waals surface area contributed by atoms with Gasteiger partial charge in [-0.25, -0.2) is 0 Å². The topological polar surface area (TPSA) is 101 Å². The van der Waals surface area contributed by atoms with Crippen molar-refractivity contribution in [1.29, 1.82) is 0 Å². The van der Waals surface area contributed by atoms with Gasteiger partial charge in [0.25, 0.3) is 0 Å². The molecule has 0 spiro atoms. The predicted octanol–water partition coefficient (Wildman–Crippen LogP) is 7.82. The third-order valence-electron chi connectivity index (χ3n) is 6.89. The zero-order chi connectivity index (χ0) is 28.8. The number of fused-ring (bicyclic) bond motifs is 1. The van der Waals surface area contributed by atoms with Crippen molar-refractivity contribution in [2.45, 2.75) is 68.3 Å². The number of phenols is 2. The molecule has 0 saturated carbocycles. The van der Waals surface area contributed by atoms with Gasteiger partial charge in [-0.15, -0.1) is 23.5 Å². The molecule has 2 aromatic rings. The smallest absolute Gasteiger partial charge is 0.306 e. The Hall–Kier alpha value is -2.68. The van der Waals surface area contributed by atoms with Gasteiger partial charge in [0.05, 0.1) is 15.7 Å². The van der Waals surface area contributed by atoms with E-state index in [9.17, 15) is 24.6 Å². The maximum atomic E-state index is 13.3. The van der Waals surface area contributed by atoms with Crippen molar-refractivity contribution in [3.05, 3.63) is 81.4 Å². The average molecular weight is 601 g/mol. The van der Waals surface area contributed by atoms with Crippen LogP contribution in [-0.2, 0) is 9.53 Å². The van der Waals surface area contributed by atoms with Gasteiger partial charge in [-0.2, -0.15) is 0 Å². The summed E-state index contributed by atoms with van der Waals surface area (Å²) in [6.45, 7) is 3.77. The van der Waals surface area contributed by atoms with E-state index in [1.807, 2.05) is 61.6 Å². The summed E-state index contributed by atoms with van der Waals surface area (Å²) in [5.74, 6) is -1.41. The van der Waals surface area contributed by atoms with Crippen LogP contribution in [0.4, 0.5) is 0 Å². The summed E-state index contributed by atoms with van der Waals surface area (Å²) in [5.41, 5.74) is 1.61. The second-order valence-electron chi connectivity index (χ2n) is 10.2. The number of ketones is 2. The van der Waals surface area contributed by atoms with Crippen molar-refractivity contribution in [2.75, 3.05) is 5.75 Å². The number of rotatable bonds is 10. The summed E-state index contributed by atoms with van der Waals surface area (Å²) >= 11 is 10.3. The van der Waals surface area contributed by atoms with Crippen molar-refractivity contribution < 1.29 is 29.3 Å². The van der Waals surface area contributed by atoms with Crippen LogP contribution in [0.2, 0.25) is 5.02 Å². The standard InChI is InChI=1S/C31H33ClO6S2/c1-18(2)11-14-26(21-17-25(35)28-23(33)12-13-24(34)29(28)30(21)37)38-27(36)10-6-3-7-19-15-16-39-31(40-19)20-8-4-5-9-22(20)32/h4-5,8-9,11-13,17,19,26,31,33-34H,3,6-7,10,14-16H2,1-2H3/t19-,26-,31?/m1/s1. The number of carbonyl (C=O) groups excluding carboxylic acids is 3. The SMILES string of the molecule is CC(C)=CC[C@@H](OC(=O)CCCC[C@@H]1CCSC(c2ccccc2Cl)S1)C1=CC(=O)c2c(O)ccc(O)c2C1=O.